The lowest BCUT2D eigenvalue weighted by Gasteiger charge is -2.30. The Kier molecular flexibility index (Phi) is 6.58. The number of rotatable bonds is 3. The fourth-order valence-corrected chi connectivity index (χ4v) is 5.74. The van der Waals surface area contributed by atoms with Gasteiger partial charge in [-0.1, -0.05) is 53.6 Å². The van der Waals surface area contributed by atoms with Gasteiger partial charge in [0.1, 0.15) is 0 Å². The highest BCUT2D eigenvalue weighted by atomic mass is 35.5. The molecule has 1 amide bonds. The predicted octanol–water partition coefficient (Wildman–Crippen LogP) is 6.56. The number of benzene rings is 2. The van der Waals surface area contributed by atoms with E-state index >= 15 is 0 Å². The summed E-state index contributed by atoms with van der Waals surface area (Å²) in [7, 11) is 0. The Morgan fingerprint density at radius 2 is 1.59 bits per heavy atom. The van der Waals surface area contributed by atoms with E-state index in [-0.39, 0.29) is 5.91 Å². The molecule has 2 aliphatic rings. The highest BCUT2D eigenvalue weighted by Crippen LogP contribution is 2.39. The minimum absolute atomic E-state index is 0.175. The Balaban J connectivity index is 1.34. The number of fused-ring (bicyclic) bond motifs is 2. The van der Waals surface area contributed by atoms with Crippen molar-refractivity contribution in [3.8, 4) is 11.1 Å². The standard InChI is InChI=1S/C32H28ClN3O/c33-28-8-9-29-25(20-28)6-7-26-19-27(23-4-2-1-3-5-23)21-35-32(26)31(29)24-12-16-36(17-13-24)30(37)18-22-10-14-34-15-11-22/h1-5,8-11,14-15,19-21H,6-7,12-13,16-18H2. The van der Waals surface area contributed by atoms with Gasteiger partial charge in [0.25, 0.3) is 0 Å². The zero-order valence-electron chi connectivity index (χ0n) is 20.7. The summed E-state index contributed by atoms with van der Waals surface area (Å²) in [6.07, 6.45) is 9.45. The van der Waals surface area contributed by atoms with Crippen LogP contribution in [-0.4, -0.2) is 33.9 Å². The summed E-state index contributed by atoms with van der Waals surface area (Å²) < 4.78 is 0. The monoisotopic (exact) mass is 505 g/mol. The van der Waals surface area contributed by atoms with Crippen LogP contribution in [0.1, 0.15) is 40.8 Å². The number of carbonyl (C=O) groups is 1. The van der Waals surface area contributed by atoms with Crippen LogP contribution in [0.15, 0.2) is 90.9 Å². The number of hydrogen-bond acceptors (Lipinski definition) is 3. The molecule has 0 saturated carbocycles. The van der Waals surface area contributed by atoms with Crippen molar-refractivity contribution in [1.29, 1.82) is 0 Å². The fraction of sp³-hybridized carbons (Fsp3) is 0.219. The molecule has 0 spiro atoms. The first-order valence-electron chi connectivity index (χ1n) is 12.9. The van der Waals surface area contributed by atoms with E-state index in [1.165, 1.54) is 33.4 Å². The van der Waals surface area contributed by atoms with Gasteiger partial charge in [-0.15, -0.1) is 0 Å². The van der Waals surface area contributed by atoms with Crippen molar-refractivity contribution in [3.05, 3.63) is 124 Å². The van der Waals surface area contributed by atoms with Gasteiger partial charge in [0, 0.05) is 47.8 Å². The van der Waals surface area contributed by atoms with Crippen LogP contribution in [0.5, 0.6) is 0 Å². The highest BCUT2D eigenvalue weighted by Gasteiger charge is 2.27. The molecule has 0 bridgehead atoms. The number of aromatic nitrogens is 2. The van der Waals surface area contributed by atoms with Crippen LogP contribution in [0.25, 0.3) is 16.7 Å². The van der Waals surface area contributed by atoms with Crippen molar-refractivity contribution >= 4 is 23.1 Å². The van der Waals surface area contributed by atoms with Crippen LogP contribution in [0.2, 0.25) is 5.02 Å². The van der Waals surface area contributed by atoms with Crippen LogP contribution >= 0.6 is 11.6 Å². The van der Waals surface area contributed by atoms with Crippen molar-refractivity contribution in [2.45, 2.75) is 32.1 Å². The van der Waals surface area contributed by atoms with E-state index in [2.05, 4.69) is 47.4 Å². The van der Waals surface area contributed by atoms with Crippen LogP contribution in [0.3, 0.4) is 0 Å². The number of carbonyl (C=O) groups excluding carboxylic acids is 1. The number of halogens is 1. The molecule has 4 aromatic rings. The summed E-state index contributed by atoms with van der Waals surface area (Å²) >= 11 is 6.42. The second-order valence-electron chi connectivity index (χ2n) is 9.79. The van der Waals surface area contributed by atoms with E-state index in [0.717, 1.165) is 60.6 Å². The van der Waals surface area contributed by atoms with E-state index < -0.39 is 0 Å². The van der Waals surface area contributed by atoms with Gasteiger partial charge in [-0.2, -0.15) is 0 Å². The van der Waals surface area contributed by atoms with Crippen molar-refractivity contribution in [2.75, 3.05) is 13.1 Å². The number of nitrogens with zero attached hydrogens (tertiary/aromatic N) is 3. The first kappa shape index (κ1) is 23.6. The van der Waals surface area contributed by atoms with Crippen LogP contribution < -0.4 is 0 Å². The first-order valence-corrected chi connectivity index (χ1v) is 13.3. The molecule has 2 aromatic carbocycles. The van der Waals surface area contributed by atoms with Gasteiger partial charge in [0.2, 0.25) is 5.91 Å². The maximum absolute atomic E-state index is 13.0. The van der Waals surface area contributed by atoms with Gasteiger partial charge < -0.3 is 4.90 Å². The molecule has 1 aliphatic heterocycles. The number of aryl methyl sites for hydroxylation is 2. The number of amides is 1. The molecule has 1 aliphatic carbocycles. The maximum atomic E-state index is 13.0. The van der Waals surface area contributed by atoms with Gasteiger partial charge in [-0.25, -0.2) is 0 Å². The smallest absolute Gasteiger partial charge is 0.227 e. The molecule has 0 radical (unpaired) electrons. The van der Waals surface area contributed by atoms with Crippen molar-refractivity contribution in [1.82, 2.24) is 14.9 Å². The lowest BCUT2D eigenvalue weighted by atomic mass is 9.88. The average molecular weight is 506 g/mol. The number of piperidine rings is 1. The van der Waals surface area contributed by atoms with E-state index in [9.17, 15) is 4.79 Å². The number of hydrogen-bond donors (Lipinski definition) is 0. The van der Waals surface area contributed by atoms with Crippen molar-refractivity contribution in [3.63, 3.8) is 0 Å². The largest absolute Gasteiger partial charge is 0.342 e. The molecule has 4 nitrogen and oxygen atoms in total. The number of likely N-dealkylation sites (tertiary alicyclic amines) is 1. The second-order valence-corrected chi connectivity index (χ2v) is 10.2. The van der Waals surface area contributed by atoms with Gasteiger partial charge in [-0.05, 0) is 83.8 Å². The zero-order chi connectivity index (χ0) is 25.2. The summed E-state index contributed by atoms with van der Waals surface area (Å²) in [6.45, 7) is 1.45. The van der Waals surface area contributed by atoms with E-state index in [0.29, 0.717) is 6.42 Å². The zero-order valence-corrected chi connectivity index (χ0v) is 21.4. The van der Waals surface area contributed by atoms with E-state index in [4.69, 9.17) is 16.6 Å². The Labute approximate surface area is 222 Å². The summed E-state index contributed by atoms with van der Waals surface area (Å²) in [5.74, 6) is 0.175. The molecule has 37 heavy (non-hydrogen) atoms. The highest BCUT2D eigenvalue weighted by molar-refractivity contribution is 6.30. The van der Waals surface area contributed by atoms with Gasteiger partial charge in [0.15, 0.2) is 0 Å². The van der Waals surface area contributed by atoms with Crippen molar-refractivity contribution in [2.24, 2.45) is 0 Å². The lowest BCUT2D eigenvalue weighted by molar-refractivity contribution is -0.130. The molecule has 0 atom stereocenters. The normalized spacial score (nSPS) is 15.1. The molecule has 2 aromatic heterocycles. The lowest BCUT2D eigenvalue weighted by Crippen LogP contribution is -2.37. The fourth-order valence-electron chi connectivity index (χ4n) is 5.55. The van der Waals surface area contributed by atoms with E-state index in [1.54, 1.807) is 12.4 Å². The van der Waals surface area contributed by atoms with E-state index in [1.807, 2.05) is 35.4 Å². The Morgan fingerprint density at radius 1 is 0.838 bits per heavy atom. The molecule has 1 saturated heterocycles. The van der Waals surface area contributed by atoms with Crippen LogP contribution in [0, 0.1) is 0 Å². The molecular weight excluding hydrogens is 478 g/mol. The summed E-state index contributed by atoms with van der Waals surface area (Å²) in [4.78, 5) is 24.1. The second kappa shape index (κ2) is 10.3. The molecule has 6 rings (SSSR count). The Morgan fingerprint density at radius 3 is 2.38 bits per heavy atom. The third-order valence-corrected chi connectivity index (χ3v) is 7.72. The van der Waals surface area contributed by atoms with Crippen LogP contribution in [-0.2, 0) is 24.1 Å². The molecule has 184 valence electrons. The van der Waals surface area contributed by atoms with Crippen molar-refractivity contribution < 1.29 is 4.79 Å². The van der Waals surface area contributed by atoms with Gasteiger partial charge >= 0.3 is 0 Å². The maximum Gasteiger partial charge on any atom is 0.227 e. The third-order valence-electron chi connectivity index (χ3n) is 7.49. The molecular formula is C32H28ClN3O. The first-order chi connectivity index (χ1) is 18.2. The summed E-state index contributed by atoms with van der Waals surface area (Å²) in [6, 6.07) is 22.8. The Bertz CT molecular complexity index is 1470. The molecule has 1 fully saturated rings. The minimum atomic E-state index is 0.175. The molecule has 0 N–H and O–H groups in total. The Hall–Kier alpha value is -3.76. The summed E-state index contributed by atoms with van der Waals surface area (Å²) in [5, 5.41) is 0.767. The predicted molar refractivity (Wildman–Crippen MR) is 148 cm³/mol. The quantitative estimate of drug-likeness (QED) is 0.316. The number of pyridine rings is 2. The van der Waals surface area contributed by atoms with Gasteiger partial charge in [0.05, 0.1) is 12.1 Å². The van der Waals surface area contributed by atoms with Crippen LogP contribution in [0.4, 0.5) is 0 Å². The topological polar surface area (TPSA) is 46.1 Å². The SMILES string of the molecule is O=C(Cc1ccncc1)N1CCC(=C2c3ccc(Cl)cc3CCc3cc(-c4ccccc4)cnc32)CC1. The summed E-state index contributed by atoms with van der Waals surface area (Å²) in [5.41, 5.74) is 10.8. The van der Waals surface area contributed by atoms with Gasteiger partial charge in [-0.3, -0.25) is 14.8 Å². The molecule has 3 heterocycles. The minimum Gasteiger partial charge on any atom is -0.342 e. The third kappa shape index (κ3) is 4.94. The molecule has 0 unspecified atom stereocenters. The molecule has 5 heteroatoms. The average Bonchev–Trinajstić information content (AvgIpc) is 3.10.